The normalized spacial score (nSPS) is 10.0. The van der Waals surface area contributed by atoms with Crippen LogP contribution in [0.1, 0.15) is 30.1 Å². The molecule has 4 nitrogen and oxygen atoms in total. The van der Waals surface area contributed by atoms with Crippen LogP contribution in [0.4, 0.5) is 0 Å². The lowest BCUT2D eigenvalue weighted by Crippen LogP contribution is -2.09. The van der Waals surface area contributed by atoms with E-state index in [1.807, 2.05) is 6.92 Å². The van der Waals surface area contributed by atoms with Gasteiger partial charge < -0.3 is 9.84 Å². The highest BCUT2D eigenvalue weighted by Gasteiger charge is 2.09. The first-order valence-electron chi connectivity index (χ1n) is 5.22. The van der Waals surface area contributed by atoms with Crippen LogP contribution in [0, 0.1) is 0 Å². The van der Waals surface area contributed by atoms with E-state index in [1.165, 1.54) is 12.1 Å². The number of aliphatic carboxylic acids is 1. The van der Waals surface area contributed by atoms with E-state index in [9.17, 15) is 9.59 Å². The summed E-state index contributed by atoms with van der Waals surface area (Å²) in [6.45, 7) is 1.46. The van der Waals surface area contributed by atoms with Crippen molar-refractivity contribution in [2.24, 2.45) is 0 Å². The average molecular weight is 257 g/mol. The molecule has 0 amide bonds. The fourth-order valence-corrected chi connectivity index (χ4v) is 1.54. The highest BCUT2D eigenvalue weighted by Crippen LogP contribution is 2.26. The summed E-state index contributed by atoms with van der Waals surface area (Å²) in [5, 5.41) is 8.70. The van der Waals surface area contributed by atoms with Crippen LogP contribution >= 0.6 is 11.6 Å². The molecule has 1 N–H and O–H groups in total. The van der Waals surface area contributed by atoms with Gasteiger partial charge in [0.05, 0.1) is 5.02 Å². The number of halogens is 1. The molecule has 0 atom stereocenters. The predicted octanol–water partition coefficient (Wildman–Crippen LogP) is 2.79. The van der Waals surface area contributed by atoms with Crippen molar-refractivity contribution in [1.82, 2.24) is 0 Å². The average Bonchev–Trinajstić information content (AvgIpc) is 2.27. The van der Waals surface area contributed by atoms with E-state index in [1.54, 1.807) is 6.07 Å². The Hall–Kier alpha value is -1.55. The summed E-state index contributed by atoms with van der Waals surface area (Å²) in [6, 6.07) is 4.59. The molecule has 0 fully saturated rings. The SMILES string of the molecule is CCCC(=O)c1ccc(OCC(=O)O)c(Cl)c1. The summed E-state index contributed by atoms with van der Waals surface area (Å²) < 4.78 is 4.95. The zero-order chi connectivity index (χ0) is 12.8. The second-order valence-corrected chi connectivity index (χ2v) is 3.91. The fourth-order valence-electron chi connectivity index (χ4n) is 1.30. The molecule has 0 aromatic heterocycles. The summed E-state index contributed by atoms with van der Waals surface area (Å²) in [5.74, 6) is -0.798. The topological polar surface area (TPSA) is 63.6 Å². The van der Waals surface area contributed by atoms with Gasteiger partial charge in [0.15, 0.2) is 12.4 Å². The van der Waals surface area contributed by atoms with Gasteiger partial charge in [-0.05, 0) is 24.6 Å². The molecule has 92 valence electrons. The van der Waals surface area contributed by atoms with Crippen molar-refractivity contribution in [3.05, 3.63) is 28.8 Å². The van der Waals surface area contributed by atoms with Crippen molar-refractivity contribution < 1.29 is 19.4 Å². The summed E-state index contributed by atoms with van der Waals surface area (Å²) in [5.41, 5.74) is 0.513. The monoisotopic (exact) mass is 256 g/mol. The number of carbonyl (C=O) groups excluding carboxylic acids is 1. The van der Waals surface area contributed by atoms with E-state index < -0.39 is 12.6 Å². The Morgan fingerprint density at radius 3 is 2.65 bits per heavy atom. The smallest absolute Gasteiger partial charge is 0.341 e. The van der Waals surface area contributed by atoms with Crippen molar-refractivity contribution in [3.63, 3.8) is 0 Å². The van der Waals surface area contributed by atoms with Gasteiger partial charge in [0.2, 0.25) is 0 Å². The van der Waals surface area contributed by atoms with Gasteiger partial charge in [0.1, 0.15) is 5.75 Å². The van der Waals surface area contributed by atoms with Crippen LogP contribution in [0.5, 0.6) is 5.75 Å². The van der Waals surface area contributed by atoms with Crippen LogP contribution in [0.3, 0.4) is 0 Å². The van der Waals surface area contributed by atoms with Gasteiger partial charge in [-0.1, -0.05) is 18.5 Å². The third-order valence-corrected chi connectivity index (χ3v) is 2.38. The lowest BCUT2D eigenvalue weighted by Gasteiger charge is -2.07. The molecule has 0 saturated carbocycles. The number of benzene rings is 1. The van der Waals surface area contributed by atoms with Crippen molar-refractivity contribution in [2.45, 2.75) is 19.8 Å². The van der Waals surface area contributed by atoms with Crippen LogP contribution in [0.25, 0.3) is 0 Å². The molecule has 1 aromatic rings. The minimum atomic E-state index is -1.08. The van der Waals surface area contributed by atoms with Gasteiger partial charge in [-0.3, -0.25) is 4.79 Å². The maximum atomic E-state index is 11.6. The Labute approximate surface area is 104 Å². The number of ketones is 1. The molecule has 0 bridgehead atoms. The largest absolute Gasteiger partial charge is 0.480 e. The minimum Gasteiger partial charge on any atom is -0.480 e. The number of ether oxygens (including phenoxy) is 1. The molecule has 0 aliphatic heterocycles. The number of carboxylic acid groups (broad SMARTS) is 1. The highest BCUT2D eigenvalue weighted by atomic mass is 35.5. The Morgan fingerprint density at radius 2 is 2.12 bits per heavy atom. The van der Waals surface area contributed by atoms with Crippen molar-refractivity contribution in [3.8, 4) is 5.75 Å². The lowest BCUT2D eigenvalue weighted by molar-refractivity contribution is -0.139. The van der Waals surface area contributed by atoms with Crippen LogP contribution in [0.15, 0.2) is 18.2 Å². The van der Waals surface area contributed by atoms with Gasteiger partial charge in [-0.15, -0.1) is 0 Å². The van der Waals surface area contributed by atoms with Gasteiger partial charge in [-0.2, -0.15) is 0 Å². The highest BCUT2D eigenvalue weighted by molar-refractivity contribution is 6.32. The minimum absolute atomic E-state index is 0.0131. The van der Waals surface area contributed by atoms with E-state index in [4.69, 9.17) is 21.4 Å². The molecule has 0 aliphatic carbocycles. The zero-order valence-corrected chi connectivity index (χ0v) is 10.2. The first-order chi connectivity index (χ1) is 8.04. The van der Waals surface area contributed by atoms with Crippen molar-refractivity contribution in [2.75, 3.05) is 6.61 Å². The van der Waals surface area contributed by atoms with Crippen LogP contribution in [0.2, 0.25) is 5.02 Å². The van der Waals surface area contributed by atoms with E-state index in [-0.39, 0.29) is 16.6 Å². The molecule has 0 radical (unpaired) electrons. The first kappa shape index (κ1) is 13.5. The maximum absolute atomic E-state index is 11.6. The summed E-state index contributed by atoms with van der Waals surface area (Å²) in [4.78, 5) is 21.9. The summed E-state index contributed by atoms with van der Waals surface area (Å²) in [7, 11) is 0. The molecule has 0 saturated heterocycles. The predicted molar refractivity (Wildman–Crippen MR) is 63.8 cm³/mol. The van der Waals surface area contributed by atoms with Crippen LogP contribution in [-0.2, 0) is 4.79 Å². The molecular formula is C12H13ClO4. The third-order valence-electron chi connectivity index (χ3n) is 2.08. The standard InChI is InChI=1S/C12H13ClO4/c1-2-3-10(14)8-4-5-11(9(13)6-8)17-7-12(15)16/h4-6H,2-3,7H2,1H3,(H,15,16). The summed E-state index contributed by atoms with van der Waals surface area (Å²) >= 11 is 5.89. The molecule has 17 heavy (non-hydrogen) atoms. The lowest BCUT2D eigenvalue weighted by atomic mass is 10.1. The molecule has 0 unspecified atom stereocenters. The first-order valence-corrected chi connectivity index (χ1v) is 5.59. The molecule has 0 heterocycles. The Balaban J connectivity index is 2.78. The molecular weight excluding hydrogens is 244 g/mol. The molecule has 0 aliphatic rings. The third kappa shape index (κ3) is 4.07. The van der Waals surface area contributed by atoms with Gasteiger partial charge in [-0.25, -0.2) is 4.79 Å². The Morgan fingerprint density at radius 1 is 1.41 bits per heavy atom. The fraction of sp³-hybridized carbons (Fsp3) is 0.333. The Bertz CT molecular complexity index is 429. The van der Waals surface area contributed by atoms with E-state index in [0.717, 1.165) is 6.42 Å². The van der Waals surface area contributed by atoms with E-state index in [0.29, 0.717) is 12.0 Å². The van der Waals surface area contributed by atoms with E-state index in [2.05, 4.69) is 0 Å². The quantitative estimate of drug-likeness (QED) is 0.795. The van der Waals surface area contributed by atoms with Crippen molar-refractivity contribution >= 4 is 23.4 Å². The molecule has 0 spiro atoms. The number of hydrogen-bond donors (Lipinski definition) is 1. The maximum Gasteiger partial charge on any atom is 0.341 e. The van der Waals surface area contributed by atoms with Crippen LogP contribution < -0.4 is 4.74 Å². The van der Waals surface area contributed by atoms with Gasteiger partial charge in [0, 0.05) is 12.0 Å². The van der Waals surface area contributed by atoms with Crippen molar-refractivity contribution in [1.29, 1.82) is 0 Å². The van der Waals surface area contributed by atoms with Gasteiger partial charge in [0.25, 0.3) is 0 Å². The van der Waals surface area contributed by atoms with E-state index >= 15 is 0 Å². The molecule has 5 heteroatoms. The number of hydrogen-bond acceptors (Lipinski definition) is 3. The Kier molecular flexibility index (Phi) is 4.97. The number of carboxylic acids is 1. The number of rotatable bonds is 6. The number of carbonyl (C=O) groups is 2. The molecule has 1 rings (SSSR count). The summed E-state index contributed by atoms with van der Waals surface area (Å²) in [6.07, 6.45) is 1.24. The van der Waals surface area contributed by atoms with Gasteiger partial charge >= 0.3 is 5.97 Å². The number of Topliss-reactive ketones (excluding diaryl/α,β-unsaturated/α-hetero) is 1. The second-order valence-electron chi connectivity index (χ2n) is 3.50. The molecule has 1 aromatic carbocycles. The van der Waals surface area contributed by atoms with Crippen LogP contribution in [-0.4, -0.2) is 23.5 Å². The second kappa shape index (κ2) is 6.25. The zero-order valence-electron chi connectivity index (χ0n) is 9.40.